The summed E-state index contributed by atoms with van der Waals surface area (Å²) in [6.45, 7) is 3.56. The Hall–Kier alpha value is -3.07. The Bertz CT molecular complexity index is 982. The molecule has 4 heterocycles. The zero-order valence-electron chi connectivity index (χ0n) is 16.2. The third kappa shape index (κ3) is 5.26. The minimum Gasteiger partial charge on any atom is -0.345 e. The van der Waals surface area contributed by atoms with Gasteiger partial charge >= 0.3 is 0 Å². The molecule has 1 aliphatic rings. The second-order valence-electron chi connectivity index (χ2n) is 7.13. The number of carbonyl (C=O) groups excluding carboxylic acids is 1. The second-order valence-corrected chi connectivity index (χ2v) is 8.37. The molecule has 1 aliphatic heterocycles. The smallest absolute Gasteiger partial charge is 0.246 e. The van der Waals surface area contributed by atoms with E-state index >= 15 is 0 Å². The monoisotopic (exact) mass is 409 g/mol. The van der Waals surface area contributed by atoms with Gasteiger partial charge in [0.05, 0.1) is 18.2 Å². The summed E-state index contributed by atoms with van der Waals surface area (Å²) in [6.07, 6.45) is 13.0. The molecule has 0 unspecified atom stereocenters. The number of aryl methyl sites for hydroxylation is 1. The van der Waals surface area contributed by atoms with E-state index in [2.05, 4.69) is 30.2 Å². The summed E-state index contributed by atoms with van der Waals surface area (Å²) in [5.74, 6) is 1.17. The number of aromatic nitrogens is 5. The molecule has 0 aromatic carbocycles. The van der Waals surface area contributed by atoms with Crippen molar-refractivity contribution in [2.45, 2.75) is 26.2 Å². The third-order valence-electron chi connectivity index (χ3n) is 4.83. The predicted molar refractivity (Wildman–Crippen MR) is 113 cm³/mol. The normalized spacial score (nSPS) is 17.0. The van der Waals surface area contributed by atoms with E-state index < -0.39 is 0 Å². The third-order valence-corrected chi connectivity index (χ3v) is 5.66. The molecule has 4 rings (SSSR count). The average Bonchev–Trinajstić information content (AvgIpc) is 3.38. The number of imidazole rings is 1. The van der Waals surface area contributed by atoms with Crippen molar-refractivity contribution in [2.24, 2.45) is 5.92 Å². The highest BCUT2D eigenvalue weighted by atomic mass is 32.1. The number of rotatable bonds is 6. The standard InChI is InChI=1S/C20H23N7OS/c1-14-9-22-20(29-14)26-18-8-17(24-13-25-18)7-15-3-2-6-27(11-15)19(28)5-4-16-10-21-12-23-16/h4-5,8-10,12-13,15H,2-3,6-7,11H2,1H3,(H,21,23)(H,22,24,25,26)/b5-4+/t15-/m0/s1. The van der Waals surface area contributed by atoms with Crippen molar-refractivity contribution in [1.29, 1.82) is 0 Å². The van der Waals surface area contributed by atoms with Gasteiger partial charge in [-0.2, -0.15) is 0 Å². The van der Waals surface area contributed by atoms with Crippen molar-refractivity contribution in [1.82, 2.24) is 29.8 Å². The van der Waals surface area contributed by atoms with E-state index in [1.807, 2.05) is 24.1 Å². The summed E-state index contributed by atoms with van der Waals surface area (Å²) in [7, 11) is 0. The summed E-state index contributed by atoms with van der Waals surface area (Å²) >= 11 is 1.59. The van der Waals surface area contributed by atoms with Crippen LogP contribution in [0.2, 0.25) is 0 Å². The molecule has 1 fully saturated rings. The SMILES string of the molecule is Cc1cnc(Nc2cc(C[C@@H]3CCCN(C(=O)/C=C/c4cnc[nH]4)C3)ncn2)s1. The number of thiazole rings is 1. The molecule has 1 atom stereocenters. The number of amides is 1. The van der Waals surface area contributed by atoms with Crippen molar-refractivity contribution in [3.05, 3.63) is 53.5 Å². The Kier molecular flexibility index (Phi) is 5.95. The van der Waals surface area contributed by atoms with Crippen LogP contribution >= 0.6 is 11.3 Å². The molecule has 0 bridgehead atoms. The summed E-state index contributed by atoms with van der Waals surface area (Å²) in [6, 6.07) is 1.97. The van der Waals surface area contributed by atoms with Gasteiger partial charge < -0.3 is 15.2 Å². The maximum Gasteiger partial charge on any atom is 0.246 e. The number of hydrogen-bond donors (Lipinski definition) is 2. The van der Waals surface area contributed by atoms with Gasteiger partial charge in [-0.1, -0.05) is 0 Å². The molecule has 8 nitrogen and oxygen atoms in total. The quantitative estimate of drug-likeness (QED) is 0.607. The summed E-state index contributed by atoms with van der Waals surface area (Å²) in [5, 5.41) is 4.06. The highest BCUT2D eigenvalue weighted by Gasteiger charge is 2.23. The predicted octanol–water partition coefficient (Wildman–Crippen LogP) is 3.20. The molecule has 150 valence electrons. The van der Waals surface area contributed by atoms with Crippen molar-refractivity contribution < 1.29 is 4.79 Å². The Morgan fingerprint density at radius 1 is 1.38 bits per heavy atom. The molecule has 9 heteroatoms. The van der Waals surface area contributed by atoms with E-state index in [4.69, 9.17) is 0 Å². The fourth-order valence-corrected chi connectivity index (χ4v) is 4.12. The molecular formula is C20H23N7OS. The highest BCUT2D eigenvalue weighted by molar-refractivity contribution is 7.15. The Morgan fingerprint density at radius 3 is 3.10 bits per heavy atom. The van der Waals surface area contributed by atoms with Gasteiger partial charge in [-0.3, -0.25) is 4.79 Å². The lowest BCUT2D eigenvalue weighted by Gasteiger charge is -2.32. The molecule has 3 aromatic heterocycles. The minimum atomic E-state index is 0.0356. The van der Waals surface area contributed by atoms with Gasteiger partial charge in [-0.25, -0.2) is 19.9 Å². The summed E-state index contributed by atoms with van der Waals surface area (Å²) < 4.78 is 0. The van der Waals surface area contributed by atoms with Gasteiger partial charge in [0.25, 0.3) is 0 Å². The molecule has 0 aliphatic carbocycles. The molecule has 2 N–H and O–H groups in total. The van der Waals surface area contributed by atoms with Crippen LogP contribution in [0.5, 0.6) is 0 Å². The number of nitrogens with zero attached hydrogens (tertiary/aromatic N) is 5. The van der Waals surface area contributed by atoms with Crippen LogP contribution in [-0.2, 0) is 11.2 Å². The van der Waals surface area contributed by atoms with E-state index in [0.29, 0.717) is 5.92 Å². The number of hydrogen-bond acceptors (Lipinski definition) is 7. The van der Waals surface area contributed by atoms with Crippen LogP contribution in [0.3, 0.4) is 0 Å². The first kappa shape index (κ1) is 19.3. The van der Waals surface area contributed by atoms with E-state index in [9.17, 15) is 4.79 Å². The van der Waals surface area contributed by atoms with Crippen molar-refractivity contribution >= 4 is 34.3 Å². The number of likely N-dealkylation sites (tertiary alicyclic amines) is 1. The molecule has 3 aromatic rings. The molecule has 0 saturated carbocycles. The second kappa shape index (κ2) is 8.95. The fourth-order valence-electron chi connectivity index (χ4n) is 3.45. The number of piperidine rings is 1. The maximum absolute atomic E-state index is 12.5. The zero-order valence-corrected chi connectivity index (χ0v) is 17.0. The number of H-pyrrole nitrogens is 1. The molecule has 0 spiro atoms. The van der Waals surface area contributed by atoms with Crippen LogP contribution in [0, 0.1) is 12.8 Å². The van der Waals surface area contributed by atoms with E-state index in [-0.39, 0.29) is 5.91 Å². The van der Waals surface area contributed by atoms with Crippen LogP contribution in [0.1, 0.15) is 29.1 Å². The van der Waals surface area contributed by atoms with Crippen LogP contribution in [0.25, 0.3) is 6.08 Å². The Balaban J connectivity index is 1.35. The van der Waals surface area contributed by atoms with E-state index in [1.54, 1.807) is 42.3 Å². The van der Waals surface area contributed by atoms with Crippen LogP contribution < -0.4 is 5.32 Å². The highest BCUT2D eigenvalue weighted by Crippen LogP contribution is 2.23. The van der Waals surface area contributed by atoms with Gasteiger partial charge in [-0.05, 0) is 38.2 Å². The van der Waals surface area contributed by atoms with Crippen LogP contribution in [0.4, 0.5) is 10.9 Å². The molecular weight excluding hydrogens is 386 g/mol. The number of anilines is 2. The summed E-state index contributed by atoms with van der Waals surface area (Å²) in [5.41, 5.74) is 1.80. The van der Waals surface area contributed by atoms with Crippen molar-refractivity contribution in [2.75, 3.05) is 18.4 Å². The number of nitrogens with one attached hydrogen (secondary N) is 2. The lowest BCUT2D eigenvalue weighted by molar-refractivity contribution is -0.127. The number of carbonyl (C=O) groups is 1. The average molecular weight is 410 g/mol. The first-order valence-electron chi connectivity index (χ1n) is 9.61. The zero-order chi connectivity index (χ0) is 20.1. The molecule has 0 radical (unpaired) electrons. The first-order valence-corrected chi connectivity index (χ1v) is 10.4. The van der Waals surface area contributed by atoms with Crippen LogP contribution in [0.15, 0.2) is 37.2 Å². The van der Waals surface area contributed by atoms with Gasteiger partial charge in [0, 0.05) is 42.0 Å². The lowest BCUT2D eigenvalue weighted by atomic mass is 9.93. The molecule has 1 amide bonds. The maximum atomic E-state index is 12.5. The van der Waals surface area contributed by atoms with Crippen molar-refractivity contribution in [3.8, 4) is 0 Å². The van der Waals surface area contributed by atoms with Gasteiger partial charge in [0.2, 0.25) is 5.91 Å². The Morgan fingerprint density at radius 2 is 2.31 bits per heavy atom. The first-order chi connectivity index (χ1) is 14.2. The topological polar surface area (TPSA) is 99.7 Å². The minimum absolute atomic E-state index is 0.0356. The number of aromatic amines is 1. The molecule has 1 saturated heterocycles. The van der Waals surface area contributed by atoms with Crippen molar-refractivity contribution in [3.63, 3.8) is 0 Å². The van der Waals surface area contributed by atoms with E-state index in [0.717, 1.165) is 59.6 Å². The fraction of sp³-hybridized carbons (Fsp3) is 0.350. The molecule has 29 heavy (non-hydrogen) atoms. The largest absolute Gasteiger partial charge is 0.345 e. The van der Waals surface area contributed by atoms with Crippen LogP contribution in [-0.4, -0.2) is 48.8 Å². The van der Waals surface area contributed by atoms with Gasteiger partial charge in [0.15, 0.2) is 5.13 Å². The van der Waals surface area contributed by atoms with Gasteiger partial charge in [-0.15, -0.1) is 11.3 Å². The summed E-state index contributed by atoms with van der Waals surface area (Å²) in [4.78, 5) is 35.5. The lowest BCUT2D eigenvalue weighted by Crippen LogP contribution is -2.39. The van der Waals surface area contributed by atoms with E-state index in [1.165, 1.54) is 0 Å². The van der Waals surface area contributed by atoms with Gasteiger partial charge in [0.1, 0.15) is 12.1 Å². The Labute approximate surface area is 173 Å².